The number of carbonyl (C=O) groups excluding carboxylic acids is 2. The van der Waals surface area contributed by atoms with E-state index in [4.69, 9.17) is 0 Å². The molecule has 0 saturated carbocycles. The number of hydrogen-bond donors (Lipinski definition) is 1. The van der Waals surface area contributed by atoms with Crippen LogP contribution in [-0.2, 0) is 32.6 Å². The van der Waals surface area contributed by atoms with Crippen LogP contribution < -0.4 is 9.62 Å². The number of likely N-dealkylation sites (N-methyl/N-ethyl adjacent to an activating group) is 1. The third-order valence-electron chi connectivity index (χ3n) is 6.81. The molecule has 7 nitrogen and oxygen atoms in total. The maximum absolute atomic E-state index is 14.2. The van der Waals surface area contributed by atoms with Gasteiger partial charge in [-0.3, -0.25) is 13.9 Å². The predicted molar refractivity (Wildman–Crippen MR) is 160 cm³/mol. The van der Waals surface area contributed by atoms with Crippen molar-refractivity contribution in [2.24, 2.45) is 0 Å². The summed E-state index contributed by atoms with van der Waals surface area (Å²) in [6.45, 7) is 3.93. The molecule has 1 atom stereocenters. The highest BCUT2D eigenvalue weighted by atomic mass is 32.2. The monoisotopic (exact) mass is 557 g/mol. The second-order valence-corrected chi connectivity index (χ2v) is 11.8. The van der Waals surface area contributed by atoms with Crippen molar-refractivity contribution >= 4 is 38.3 Å². The summed E-state index contributed by atoms with van der Waals surface area (Å²) in [7, 11) is -3.85. The van der Waals surface area contributed by atoms with Gasteiger partial charge in [-0.15, -0.1) is 0 Å². The van der Waals surface area contributed by atoms with Gasteiger partial charge in [0.2, 0.25) is 21.8 Å². The molecule has 0 radical (unpaired) electrons. The van der Waals surface area contributed by atoms with Crippen LogP contribution in [0.4, 0.5) is 5.69 Å². The molecule has 0 heterocycles. The van der Waals surface area contributed by atoms with Crippen LogP contribution in [0.2, 0.25) is 0 Å². The van der Waals surface area contributed by atoms with E-state index in [1.54, 1.807) is 12.1 Å². The Bertz CT molecular complexity index is 1570. The van der Waals surface area contributed by atoms with Crippen molar-refractivity contribution in [3.05, 3.63) is 114 Å². The lowest BCUT2D eigenvalue weighted by molar-refractivity contribution is -0.140. The minimum absolute atomic E-state index is 0.154. The number of anilines is 1. The van der Waals surface area contributed by atoms with Gasteiger partial charge in [0.15, 0.2) is 0 Å². The van der Waals surface area contributed by atoms with Crippen LogP contribution in [0.5, 0.6) is 0 Å². The van der Waals surface area contributed by atoms with E-state index in [0.29, 0.717) is 12.2 Å². The summed E-state index contributed by atoms with van der Waals surface area (Å²) in [6.07, 6.45) is 1.38. The van der Waals surface area contributed by atoms with Crippen LogP contribution >= 0.6 is 0 Å². The summed E-state index contributed by atoms with van der Waals surface area (Å²) in [4.78, 5) is 29.1. The molecule has 1 N–H and O–H groups in total. The number of nitrogens with one attached hydrogen (secondary N) is 1. The molecule has 0 bridgehead atoms. The Morgan fingerprint density at radius 1 is 0.825 bits per heavy atom. The van der Waals surface area contributed by atoms with Crippen LogP contribution in [0.1, 0.15) is 23.6 Å². The third-order valence-corrected chi connectivity index (χ3v) is 7.94. The van der Waals surface area contributed by atoms with Crippen molar-refractivity contribution in [1.29, 1.82) is 0 Å². The van der Waals surface area contributed by atoms with Gasteiger partial charge in [-0.05, 0) is 36.4 Å². The summed E-state index contributed by atoms with van der Waals surface area (Å²) in [5.74, 6) is -0.756. The van der Waals surface area contributed by atoms with E-state index in [1.165, 1.54) is 4.90 Å². The van der Waals surface area contributed by atoms with Crippen LogP contribution in [0.25, 0.3) is 10.8 Å². The quantitative estimate of drug-likeness (QED) is 0.290. The average Bonchev–Trinajstić information content (AvgIpc) is 2.94. The Morgan fingerprint density at radius 2 is 1.48 bits per heavy atom. The molecule has 0 fully saturated rings. The Labute approximate surface area is 236 Å². The molecule has 40 heavy (non-hydrogen) atoms. The van der Waals surface area contributed by atoms with Crippen LogP contribution in [0.3, 0.4) is 0 Å². The van der Waals surface area contributed by atoms with E-state index in [2.05, 4.69) is 5.32 Å². The molecule has 0 saturated heterocycles. The highest BCUT2D eigenvalue weighted by Crippen LogP contribution is 2.29. The second kappa shape index (κ2) is 12.8. The lowest BCUT2D eigenvalue weighted by Gasteiger charge is -2.33. The second-order valence-electron chi connectivity index (χ2n) is 9.88. The van der Waals surface area contributed by atoms with Gasteiger partial charge >= 0.3 is 0 Å². The maximum Gasteiger partial charge on any atom is 0.244 e. The molecule has 0 aliphatic heterocycles. The van der Waals surface area contributed by atoms with E-state index in [1.807, 2.05) is 98.8 Å². The van der Waals surface area contributed by atoms with Gasteiger partial charge in [0, 0.05) is 24.9 Å². The molecule has 2 amide bonds. The van der Waals surface area contributed by atoms with Gasteiger partial charge in [-0.25, -0.2) is 8.42 Å². The lowest BCUT2D eigenvalue weighted by Crippen LogP contribution is -2.53. The van der Waals surface area contributed by atoms with Gasteiger partial charge in [0.25, 0.3) is 0 Å². The fourth-order valence-electron chi connectivity index (χ4n) is 4.76. The molecule has 0 aromatic heterocycles. The number of fused-ring (bicyclic) bond motifs is 1. The molecule has 0 aliphatic carbocycles. The van der Waals surface area contributed by atoms with Gasteiger partial charge < -0.3 is 10.2 Å². The highest BCUT2D eigenvalue weighted by Gasteiger charge is 2.33. The SMILES string of the molecule is CCNC(=O)C(Cc1ccccc1)N(Cc1ccc(C)cc1)C(=O)CN(c1cccc2ccccc12)S(C)(=O)=O. The molecule has 4 aromatic rings. The number of aryl methyl sites for hydroxylation is 1. The Hall–Kier alpha value is -4.17. The minimum atomic E-state index is -3.85. The normalized spacial score (nSPS) is 12.1. The number of benzene rings is 4. The van der Waals surface area contributed by atoms with Gasteiger partial charge in [0.05, 0.1) is 11.9 Å². The first-order valence-corrected chi connectivity index (χ1v) is 15.1. The number of hydrogen-bond acceptors (Lipinski definition) is 4. The number of amides is 2. The first-order chi connectivity index (χ1) is 19.2. The Morgan fingerprint density at radius 3 is 2.15 bits per heavy atom. The van der Waals surface area contributed by atoms with Crippen molar-refractivity contribution in [2.45, 2.75) is 32.9 Å². The van der Waals surface area contributed by atoms with E-state index in [-0.39, 0.29) is 18.9 Å². The average molecular weight is 558 g/mol. The summed E-state index contributed by atoms with van der Waals surface area (Å²) >= 11 is 0. The maximum atomic E-state index is 14.2. The lowest BCUT2D eigenvalue weighted by atomic mass is 10.0. The number of nitrogens with zero attached hydrogens (tertiary/aromatic N) is 2. The number of rotatable bonds is 11. The zero-order chi connectivity index (χ0) is 28.7. The molecule has 0 aliphatic rings. The summed E-state index contributed by atoms with van der Waals surface area (Å²) in [5.41, 5.74) is 3.24. The van der Waals surface area contributed by atoms with Gasteiger partial charge in [-0.2, -0.15) is 0 Å². The predicted octanol–water partition coefficient (Wildman–Crippen LogP) is 4.69. The summed E-state index contributed by atoms with van der Waals surface area (Å²) < 4.78 is 27.3. The molecule has 8 heteroatoms. The topological polar surface area (TPSA) is 86.8 Å². The van der Waals surface area contributed by atoms with E-state index >= 15 is 0 Å². The molecular weight excluding hydrogens is 522 g/mol. The Kier molecular flexibility index (Phi) is 9.22. The fourth-order valence-corrected chi connectivity index (χ4v) is 5.62. The summed E-state index contributed by atoms with van der Waals surface area (Å²) in [5, 5.41) is 4.45. The zero-order valence-electron chi connectivity index (χ0n) is 23.1. The first-order valence-electron chi connectivity index (χ1n) is 13.3. The fraction of sp³-hybridized carbons (Fsp3) is 0.250. The molecular formula is C32H35N3O4S. The number of carbonyl (C=O) groups is 2. The molecule has 0 spiro atoms. The highest BCUT2D eigenvalue weighted by molar-refractivity contribution is 7.92. The van der Waals surface area contributed by atoms with Crippen LogP contribution in [-0.4, -0.2) is 50.5 Å². The zero-order valence-corrected chi connectivity index (χ0v) is 23.9. The van der Waals surface area contributed by atoms with Gasteiger partial charge in [0.1, 0.15) is 12.6 Å². The van der Waals surface area contributed by atoms with Crippen molar-refractivity contribution in [1.82, 2.24) is 10.2 Å². The van der Waals surface area contributed by atoms with Crippen molar-refractivity contribution in [3.8, 4) is 0 Å². The standard InChI is InChI=1S/C32H35N3O4S/c1-4-33-32(37)30(21-25-11-6-5-7-12-25)34(22-26-19-17-24(2)18-20-26)31(36)23-35(40(3,38)39)29-16-10-14-27-13-8-9-15-28(27)29/h5-20,30H,4,21-23H2,1-3H3,(H,33,37). The van der Waals surface area contributed by atoms with E-state index < -0.39 is 28.5 Å². The summed E-state index contributed by atoms with van der Waals surface area (Å²) in [6, 6.07) is 29.2. The smallest absolute Gasteiger partial charge is 0.244 e. The minimum Gasteiger partial charge on any atom is -0.355 e. The first kappa shape index (κ1) is 28.8. The van der Waals surface area contributed by atoms with E-state index in [0.717, 1.165) is 38.0 Å². The van der Waals surface area contributed by atoms with Crippen molar-refractivity contribution < 1.29 is 18.0 Å². The van der Waals surface area contributed by atoms with Crippen molar-refractivity contribution in [2.75, 3.05) is 23.7 Å². The third kappa shape index (κ3) is 7.07. The molecule has 4 aromatic carbocycles. The van der Waals surface area contributed by atoms with Gasteiger partial charge in [-0.1, -0.05) is 96.6 Å². The number of sulfonamides is 1. The molecule has 208 valence electrons. The molecule has 1 unspecified atom stereocenters. The Balaban J connectivity index is 1.77. The van der Waals surface area contributed by atoms with Crippen LogP contribution in [0.15, 0.2) is 97.1 Å². The van der Waals surface area contributed by atoms with E-state index in [9.17, 15) is 18.0 Å². The van der Waals surface area contributed by atoms with Crippen molar-refractivity contribution in [3.63, 3.8) is 0 Å². The van der Waals surface area contributed by atoms with Crippen LogP contribution in [0, 0.1) is 6.92 Å². The molecule has 4 rings (SSSR count). The largest absolute Gasteiger partial charge is 0.355 e.